The maximum atomic E-state index is 12.3. The topological polar surface area (TPSA) is 39.2 Å². The molecule has 0 amide bonds. The molecule has 0 saturated heterocycles. The lowest BCUT2D eigenvalue weighted by Gasteiger charge is -2.28. The zero-order chi connectivity index (χ0) is 14.7. The zero-order valence-electron chi connectivity index (χ0n) is 12.4. The smallest absolute Gasteiger partial charge is 0.338 e. The minimum Gasteiger partial charge on any atom is -0.458 e. The fraction of sp³-hybridized carbons (Fsp3) is 0.625. The van der Waals surface area contributed by atoms with Gasteiger partial charge in [-0.25, -0.2) is 9.78 Å². The molecule has 0 radical (unpaired) electrons. The van der Waals surface area contributed by atoms with Gasteiger partial charge in [-0.2, -0.15) is 0 Å². The van der Waals surface area contributed by atoms with Crippen LogP contribution in [0, 0.1) is 5.92 Å². The number of carbonyl (C=O) groups excluding carboxylic acids is 1. The van der Waals surface area contributed by atoms with Crippen LogP contribution in [-0.4, -0.2) is 17.1 Å². The molecule has 1 aliphatic rings. The highest BCUT2D eigenvalue weighted by molar-refractivity contribution is 6.29. The Labute approximate surface area is 125 Å². The van der Waals surface area contributed by atoms with Crippen LogP contribution in [0.25, 0.3) is 0 Å². The van der Waals surface area contributed by atoms with Crippen molar-refractivity contribution in [3.8, 4) is 0 Å². The molecule has 20 heavy (non-hydrogen) atoms. The van der Waals surface area contributed by atoms with E-state index in [1.165, 1.54) is 6.42 Å². The predicted octanol–water partition coefficient (Wildman–Crippen LogP) is 4.59. The molecule has 110 valence electrons. The summed E-state index contributed by atoms with van der Waals surface area (Å²) >= 11 is 5.99. The van der Waals surface area contributed by atoms with Crippen molar-refractivity contribution in [2.75, 3.05) is 0 Å². The fourth-order valence-electron chi connectivity index (χ4n) is 2.59. The number of hydrogen-bond acceptors (Lipinski definition) is 3. The molecule has 1 fully saturated rings. The Kier molecular flexibility index (Phi) is 5.03. The summed E-state index contributed by atoms with van der Waals surface area (Å²) < 4.78 is 5.65. The van der Waals surface area contributed by atoms with Crippen molar-refractivity contribution in [1.82, 2.24) is 4.98 Å². The Morgan fingerprint density at radius 2 is 2.05 bits per heavy atom. The normalized spacial score (nSPS) is 22.9. The lowest BCUT2D eigenvalue weighted by Crippen LogP contribution is -2.28. The van der Waals surface area contributed by atoms with Crippen molar-refractivity contribution in [3.05, 3.63) is 28.5 Å². The van der Waals surface area contributed by atoms with Crippen LogP contribution < -0.4 is 0 Å². The van der Waals surface area contributed by atoms with E-state index in [1.807, 2.05) is 13.8 Å². The van der Waals surface area contributed by atoms with Gasteiger partial charge in [0, 0.05) is 5.69 Å². The summed E-state index contributed by atoms with van der Waals surface area (Å²) in [7, 11) is 0. The molecule has 2 unspecified atom stereocenters. The van der Waals surface area contributed by atoms with Crippen molar-refractivity contribution in [3.63, 3.8) is 0 Å². The summed E-state index contributed by atoms with van der Waals surface area (Å²) in [6.45, 7) is 6.20. The zero-order valence-corrected chi connectivity index (χ0v) is 13.1. The summed E-state index contributed by atoms with van der Waals surface area (Å²) in [5.74, 6) is 0.387. The van der Waals surface area contributed by atoms with Crippen LogP contribution in [0.5, 0.6) is 0 Å². The minimum absolute atomic E-state index is 0.0330. The summed E-state index contributed by atoms with van der Waals surface area (Å²) in [6.07, 6.45) is 4.49. The molecule has 1 aromatic heterocycles. The number of ether oxygens (including phenoxy) is 1. The first-order valence-corrected chi connectivity index (χ1v) is 7.73. The standard InChI is InChI=1S/C16H22ClNO2/c1-10(2)13-8-12(9-15(17)18-13)16(19)20-14-7-5-4-6-11(14)3/h8-11,14H,4-7H2,1-3H3. The first-order valence-electron chi connectivity index (χ1n) is 7.36. The highest BCUT2D eigenvalue weighted by Crippen LogP contribution is 2.27. The molecule has 4 heteroatoms. The number of aromatic nitrogens is 1. The molecule has 2 rings (SSSR count). The largest absolute Gasteiger partial charge is 0.458 e. The molecule has 1 aliphatic carbocycles. The number of rotatable bonds is 3. The Hall–Kier alpha value is -1.09. The molecule has 0 aromatic carbocycles. The second-order valence-corrected chi connectivity index (χ2v) is 6.35. The molecule has 0 spiro atoms. The van der Waals surface area contributed by atoms with Crippen LogP contribution >= 0.6 is 11.6 Å². The van der Waals surface area contributed by atoms with Crippen LogP contribution in [-0.2, 0) is 4.74 Å². The summed E-state index contributed by atoms with van der Waals surface area (Å²) in [5.41, 5.74) is 1.33. The van der Waals surface area contributed by atoms with Gasteiger partial charge >= 0.3 is 5.97 Å². The molecule has 0 N–H and O–H groups in total. The van der Waals surface area contributed by atoms with E-state index in [1.54, 1.807) is 12.1 Å². The van der Waals surface area contributed by atoms with Crippen LogP contribution in [0.1, 0.15) is 68.4 Å². The first-order chi connectivity index (χ1) is 9.47. The number of nitrogens with zero attached hydrogens (tertiary/aromatic N) is 1. The number of esters is 1. The van der Waals surface area contributed by atoms with Crippen LogP contribution in [0.15, 0.2) is 12.1 Å². The average molecular weight is 296 g/mol. The highest BCUT2D eigenvalue weighted by atomic mass is 35.5. The molecule has 1 heterocycles. The molecule has 0 bridgehead atoms. The number of hydrogen-bond donors (Lipinski definition) is 0. The molecule has 1 saturated carbocycles. The van der Waals surface area contributed by atoms with Gasteiger partial charge in [-0.3, -0.25) is 0 Å². The molecule has 0 aliphatic heterocycles. The first kappa shape index (κ1) is 15.3. The van der Waals surface area contributed by atoms with E-state index in [0.29, 0.717) is 16.6 Å². The maximum absolute atomic E-state index is 12.3. The average Bonchev–Trinajstić information content (AvgIpc) is 2.40. The lowest BCUT2D eigenvalue weighted by molar-refractivity contribution is 0.00479. The Morgan fingerprint density at radius 3 is 2.70 bits per heavy atom. The van der Waals surface area contributed by atoms with Gasteiger partial charge < -0.3 is 4.74 Å². The van der Waals surface area contributed by atoms with Crippen LogP contribution in [0.3, 0.4) is 0 Å². The number of halogens is 1. The van der Waals surface area contributed by atoms with Gasteiger partial charge in [0.2, 0.25) is 0 Å². The summed E-state index contributed by atoms with van der Waals surface area (Å²) in [4.78, 5) is 16.5. The van der Waals surface area contributed by atoms with Crippen molar-refractivity contribution < 1.29 is 9.53 Å². The third kappa shape index (κ3) is 3.72. The van der Waals surface area contributed by atoms with Crippen LogP contribution in [0.2, 0.25) is 5.15 Å². The van der Waals surface area contributed by atoms with Crippen molar-refractivity contribution >= 4 is 17.6 Å². The quantitative estimate of drug-likeness (QED) is 0.604. The van der Waals surface area contributed by atoms with Crippen molar-refractivity contribution in [2.24, 2.45) is 5.92 Å². The Morgan fingerprint density at radius 1 is 1.35 bits per heavy atom. The van der Waals surface area contributed by atoms with Gasteiger partial charge in [0.1, 0.15) is 11.3 Å². The maximum Gasteiger partial charge on any atom is 0.338 e. The van der Waals surface area contributed by atoms with Gasteiger partial charge in [-0.05, 0) is 43.2 Å². The number of carbonyl (C=O) groups is 1. The van der Waals surface area contributed by atoms with E-state index in [9.17, 15) is 4.79 Å². The van der Waals surface area contributed by atoms with Gasteiger partial charge in [0.25, 0.3) is 0 Å². The van der Waals surface area contributed by atoms with Gasteiger partial charge in [0.05, 0.1) is 5.56 Å². The van der Waals surface area contributed by atoms with Gasteiger partial charge in [0.15, 0.2) is 0 Å². The molecule has 2 atom stereocenters. The molecule has 3 nitrogen and oxygen atoms in total. The monoisotopic (exact) mass is 295 g/mol. The van der Waals surface area contributed by atoms with E-state index in [-0.39, 0.29) is 18.0 Å². The molecule has 1 aromatic rings. The summed E-state index contributed by atoms with van der Waals surface area (Å²) in [5, 5.41) is 0.347. The SMILES string of the molecule is CC(C)c1cc(C(=O)OC2CCCCC2C)cc(Cl)n1. The third-order valence-electron chi connectivity index (χ3n) is 3.93. The second kappa shape index (κ2) is 6.57. The molecular formula is C16H22ClNO2. The Balaban J connectivity index is 2.12. The van der Waals surface area contributed by atoms with E-state index >= 15 is 0 Å². The van der Waals surface area contributed by atoms with E-state index in [0.717, 1.165) is 25.0 Å². The second-order valence-electron chi connectivity index (χ2n) is 5.96. The predicted molar refractivity (Wildman–Crippen MR) is 80.2 cm³/mol. The fourth-order valence-corrected chi connectivity index (χ4v) is 2.81. The van der Waals surface area contributed by atoms with E-state index < -0.39 is 0 Å². The van der Waals surface area contributed by atoms with Crippen molar-refractivity contribution in [2.45, 2.75) is 58.5 Å². The lowest BCUT2D eigenvalue weighted by atomic mass is 9.88. The highest BCUT2D eigenvalue weighted by Gasteiger charge is 2.25. The summed E-state index contributed by atoms with van der Waals surface area (Å²) in [6, 6.07) is 3.37. The van der Waals surface area contributed by atoms with Gasteiger partial charge in [-0.15, -0.1) is 0 Å². The minimum atomic E-state index is -0.282. The van der Waals surface area contributed by atoms with Gasteiger partial charge in [-0.1, -0.05) is 38.8 Å². The van der Waals surface area contributed by atoms with Crippen molar-refractivity contribution in [1.29, 1.82) is 0 Å². The van der Waals surface area contributed by atoms with E-state index in [2.05, 4.69) is 11.9 Å². The number of pyridine rings is 1. The molecular weight excluding hydrogens is 274 g/mol. The Bertz CT molecular complexity index is 487. The third-order valence-corrected chi connectivity index (χ3v) is 4.13. The van der Waals surface area contributed by atoms with E-state index in [4.69, 9.17) is 16.3 Å². The van der Waals surface area contributed by atoms with Crippen LogP contribution in [0.4, 0.5) is 0 Å².